The molecule has 17 heavy (non-hydrogen) atoms. The van der Waals surface area contributed by atoms with Crippen LogP contribution in [0.4, 0.5) is 0 Å². The zero-order valence-corrected chi connectivity index (χ0v) is 11.8. The molecule has 0 heterocycles. The highest BCUT2D eigenvalue weighted by Crippen LogP contribution is 2.08. The first kappa shape index (κ1) is 16.2. The Kier molecular flexibility index (Phi) is 6.50. The van der Waals surface area contributed by atoms with Crippen LogP contribution in [-0.4, -0.2) is 19.3 Å². The van der Waals surface area contributed by atoms with E-state index in [9.17, 15) is 8.42 Å². The second-order valence-electron chi connectivity index (χ2n) is 3.15. The Balaban J connectivity index is 0.00000256. The first-order valence-corrected chi connectivity index (χ1v) is 6.82. The van der Waals surface area contributed by atoms with E-state index in [1.807, 2.05) is 0 Å². The Hall–Kier alpha value is -0.800. The Morgan fingerprint density at radius 1 is 1.35 bits per heavy atom. The smallest absolute Gasteiger partial charge is 0.238 e. The third kappa shape index (κ3) is 5.89. The molecule has 0 aliphatic heterocycles. The summed E-state index contributed by atoms with van der Waals surface area (Å²) in [5.74, 6) is 0. The molecule has 0 amide bonds. The van der Waals surface area contributed by atoms with E-state index in [1.54, 1.807) is 12.1 Å². The molecule has 0 aromatic heterocycles. The minimum Gasteiger partial charge on any atom is -0.412 e. The number of quaternary nitrogens is 1. The van der Waals surface area contributed by atoms with Crippen molar-refractivity contribution in [2.45, 2.75) is 11.3 Å². The molecule has 5 nitrogen and oxygen atoms in total. The SMILES string of the molecule is NS(=O)(=O)c1ccc(CCNC(=S)[S-])cc1.[NH4+]. The lowest BCUT2D eigenvalue weighted by atomic mass is 10.1. The van der Waals surface area contributed by atoms with Gasteiger partial charge in [-0.05, 0) is 24.1 Å². The molecule has 1 rings (SSSR count). The fraction of sp³-hybridized carbons (Fsp3) is 0.222. The molecular weight excluding hydrogens is 278 g/mol. The molecule has 0 saturated heterocycles. The lowest BCUT2D eigenvalue weighted by Gasteiger charge is -2.09. The molecule has 0 bridgehead atoms. The molecule has 0 aliphatic rings. The van der Waals surface area contributed by atoms with Gasteiger partial charge in [0, 0.05) is 6.54 Å². The molecule has 0 atom stereocenters. The van der Waals surface area contributed by atoms with Crippen molar-refractivity contribution in [3.63, 3.8) is 0 Å². The van der Waals surface area contributed by atoms with Crippen LogP contribution in [0.3, 0.4) is 0 Å². The summed E-state index contributed by atoms with van der Waals surface area (Å²) in [5.41, 5.74) is 0.992. The number of primary sulfonamides is 1. The predicted molar refractivity (Wildman–Crippen MR) is 75.5 cm³/mol. The van der Waals surface area contributed by atoms with Crippen molar-refractivity contribution in [2.24, 2.45) is 5.14 Å². The second kappa shape index (κ2) is 6.82. The van der Waals surface area contributed by atoms with Crippen LogP contribution in [0.5, 0.6) is 0 Å². The van der Waals surface area contributed by atoms with Crippen molar-refractivity contribution in [3.05, 3.63) is 29.8 Å². The summed E-state index contributed by atoms with van der Waals surface area (Å²) in [7, 11) is -3.61. The van der Waals surface area contributed by atoms with Gasteiger partial charge in [-0.3, -0.25) is 0 Å². The monoisotopic (exact) mass is 293 g/mol. The van der Waals surface area contributed by atoms with E-state index in [0.717, 1.165) is 12.0 Å². The van der Waals surface area contributed by atoms with Crippen molar-refractivity contribution in [3.8, 4) is 0 Å². The summed E-state index contributed by atoms with van der Waals surface area (Å²) in [6.45, 7) is 0.636. The van der Waals surface area contributed by atoms with Crippen molar-refractivity contribution in [1.82, 2.24) is 11.5 Å². The van der Waals surface area contributed by atoms with Crippen LogP contribution >= 0.6 is 12.2 Å². The van der Waals surface area contributed by atoms with Crippen LogP contribution in [0.1, 0.15) is 5.56 Å². The zero-order chi connectivity index (χ0) is 12.2. The van der Waals surface area contributed by atoms with E-state index in [-0.39, 0.29) is 11.0 Å². The minimum atomic E-state index is -3.61. The maximum atomic E-state index is 11.0. The molecule has 1 aromatic carbocycles. The number of rotatable bonds is 4. The van der Waals surface area contributed by atoms with E-state index >= 15 is 0 Å². The molecule has 0 unspecified atom stereocenters. The van der Waals surface area contributed by atoms with Crippen LogP contribution in [-0.2, 0) is 29.1 Å². The van der Waals surface area contributed by atoms with Gasteiger partial charge >= 0.3 is 0 Å². The van der Waals surface area contributed by atoms with E-state index in [4.69, 9.17) is 5.14 Å². The third-order valence-electron chi connectivity index (χ3n) is 1.93. The van der Waals surface area contributed by atoms with Crippen LogP contribution in [0.2, 0.25) is 0 Å². The van der Waals surface area contributed by atoms with Gasteiger partial charge < -0.3 is 36.3 Å². The number of benzene rings is 1. The Labute approximate surface area is 112 Å². The summed E-state index contributed by atoms with van der Waals surface area (Å²) >= 11 is 9.38. The lowest BCUT2D eigenvalue weighted by Crippen LogP contribution is -2.21. The number of nitrogens with one attached hydrogen (secondary N) is 1. The normalized spacial score (nSPS) is 10.4. The van der Waals surface area contributed by atoms with Crippen LogP contribution in [0, 0.1) is 0 Å². The molecule has 0 aliphatic carbocycles. The van der Waals surface area contributed by atoms with Gasteiger partial charge in [0.1, 0.15) is 0 Å². The second-order valence-corrected chi connectivity index (χ2v) is 5.79. The highest BCUT2D eigenvalue weighted by molar-refractivity contribution is 8.00. The van der Waals surface area contributed by atoms with E-state index in [2.05, 4.69) is 30.2 Å². The van der Waals surface area contributed by atoms with Crippen LogP contribution in [0.25, 0.3) is 0 Å². The molecule has 0 spiro atoms. The molecule has 7 N–H and O–H groups in total. The quantitative estimate of drug-likeness (QED) is 0.558. The average Bonchev–Trinajstić information content (AvgIpc) is 2.16. The summed E-state index contributed by atoms with van der Waals surface area (Å²) in [4.78, 5) is 0.114. The van der Waals surface area contributed by atoms with E-state index in [0.29, 0.717) is 10.9 Å². The number of sulfonamides is 1. The lowest BCUT2D eigenvalue weighted by molar-refractivity contribution is 0.598. The van der Waals surface area contributed by atoms with Gasteiger partial charge in [0.25, 0.3) is 0 Å². The van der Waals surface area contributed by atoms with Crippen molar-refractivity contribution in [2.75, 3.05) is 6.54 Å². The van der Waals surface area contributed by atoms with Gasteiger partial charge in [-0.1, -0.05) is 16.5 Å². The maximum Gasteiger partial charge on any atom is 0.238 e. The Bertz CT molecular complexity index is 471. The molecule has 0 saturated carbocycles. The summed E-state index contributed by atoms with van der Waals surface area (Å²) in [5, 5.41) is 7.82. The Morgan fingerprint density at radius 2 is 1.88 bits per heavy atom. The first-order valence-electron chi connectivity index (χ1n) is 4.46. The highest BCUT2D eigenvalue weighted by Gasteiger charge is 2.06. The third-order valence-corrected chi connectivity index (χ3v) is 3.15. The van der Waals surface area contributed by atoms with E-state index in [1.165, 1.54) is 12.1 Å². The van der Waals surface area contributed by atoms with Gasteiger partial charge in [-0.25, -0.2) is 13.6 Å². The molecule has 96 valence electrons. The fourth-order valence-corrected chi connectivity index (χ4v) is 1.87. The number of hydrogen-bond donors (Lipinski definition) is 3. The maximum absolute atomic E-state index is 11.0. The largest absolute Gasteiger partial charge is 0.412 e. The zero-order valence-electron chi connectivity index (χ0n) is 9.34. The molecular formula is C9H15N3O2S3. The van der Waals surface area contributed by atoms with Crippen LogP contribution < -0.4 is 16.6 Å². The van der Waals surface area contributed by atoms with Gasteiger partial charge in [-0.2, -0.15) is 0 Å². The molecule has 1 aromatic rings. The topological polar surface area (TPSA) is 109 Å². The molecule has 8 heteroatoms. The highest BCUT2D eigenvalue weighted by atomic mass is 32.2. The van der Waals surface area contributed by atoms with Crippen LogP contribution in [0.15, 0.2) is 29.2 Å². The van der Waals surface area contributed by atoms with Gasteiger partial charge in [0.2, 0.25) is 10.0 Å². The van der Waals surface area contributed by atoms with Crippen molar-refractivity contribution < 1.29 is 8.42 Å². The number of nitrogens with two attached hydrogens (primary N) is 1. The van der Waals surface area contributed by atoms with Gasteiger partial charge in [0.05, 0.1) is 4.90 Å². The van der Waals surface area contributed by atoms with Crippen molar-refractivity contribution >= 4 is 39.2 Å². The van der Waals surface area contributed by atoms with E-state index < -0.39 is 10.0 Å². The van der Waals surface area contributed by atoms with Gasteiger partial charge in [-0.15, -0.1) is 0 Å². The van der Waals surface area contributed by atoms with Crippen molar-refractivity contribution in [1.29, 1.82) is 0 Å². The Morgan fingerprint density at radius 3 is 2.29 bits per heavy atom. The molecule has 0 fully saturated rings. The predicted octanol–water partition coefficient (Wildman–Crippen LogP) is 0.674. The standard InChI is InChI=1S/C9H12N2O2S3.H3N/c10-16(12,13)8-3-1-7(2-4-8)5-6-11-9(14)15;/h1-4H,5-6H2,(H2,10,12,13)(H2,11,14,15);1H3. The summed E-state index contributed by atoms with van der Waals surface area (Å²) in [6.07, 6.45) is 0.724. The average molecular weight is 293 g/mol. The first-order chi connectivity index (χ1) is 7.39. The summed E-state index contributed by atoms with van der Waals surface area (Å²) < 4.78 is 22.3. The number of hydrogen-bond acceptors (Lipinski definition) is 4. The summed E-state index contributed by atoms with van der Waals surface area (Å²) in [6, 6.07) is 6.40. The fourth-order valence-electron chi connectivity index (χ4n) is 1.15. The minimum absolute atomic E-state index is 0. The number of thiocarbonyl (C=S) groups is 1. The molecule has 0 radical (unpaired) electrons. The van der Waals surface area contributed by atoms with Gasteiger partial charge in [0.15, 0.2) is 0 Å².